The van der Waals surface area contributed by atoms with Crippen molar-refractivity contribution in [2.45, 2.75) is 44.2 Å². The zero-order chi connectivity index (χ0) is 19.6. The third-order valence-electron chi connectivity index (χ3n) is 4.48. The molecule has 0 saturated carbocycles. The van der Waals surface area contributed by atoms with Gasteiger partial charge >= 0.3 is 0 Å². The summed E-state index contributed by atoms with van der Waals surface area (Å²) in [6.45, 7) is 3.89. The van der Waals surface area contributed by atoms with E-state index in [-0.39, 0.29) is 23.1 Å². The number of nitrogens with one attached hydrogen (secondary N) is 1. The Morgan fingerprint density at radius 2 is 2.00 bits per heavy atom. The number of aromatic nitrogens is 1. The Balaban J connectivity index is 1.73. The standard InChI is InChI=1S/C18H21N3O4S2/c1-12(22)14-5-7-16(8-6-14)27(24,25)21-9-3-4-17(21)18(23)19-10-15-11-26-13(2)20-15/h5-8,11,17H,3-4,9-10H2,1-2H3,(H,19,23). The molecule has 1 aliphatic heterocycles. The highest BCUT2D eigenvalue weighted by atomic mass is 32.2. The normalized spacial score (nSPS) is 17.8. The number of ketones is 1. The molecule has 27 heavy (non-hydrogen) atoms. The van der Waals surface area contributed by atoms with E-state index in [1.165, 1.54) is 46.8 Å². The van der Waals surface area contributed by atoms with Crippen LogP contribution in [0.15, 0.2) is 34.5 Å². The predicted molar refractivity (Wildman–Crippen MR) is 102 cm³/mol. The maximum absolute atomic E-state index is 13.0. The van der Waals surface area contributed by atoms with E-state index in [2.05, 4.69) is 10.3 Å². The van der Waals surface area contributed by atoms with Crippen molar-refractivity contribution in [3.8, 4) is 0 Å². The van der Waals surface area contributed by atoms with Gasteiger partial charge in [-0.15, -0.1) is 11.3 Å². The summed E-state index contributed by atoms with van der Waals surface area (Å²) >= 11 is 1.50. The Labute approximate surface area is 162 Å². The number of amides is 1. The summed E-state index contributed by atoms with van der Waals surface area (Å²) in [7, 11) is -3.81. The lowest BCUT2D eigenvalue weighted by Crippen LogP contribution is -2.45. The zero-order valence-electron chi connectivity index (χ0n) is 15.1. The van der Waals surface area contributed by atoms with Crippen molar-refractivity contribution in [2.75, 3.05) is 6.54 Å². The van der Waals surface area contributed by atoms with E-state index in [9.17, 15) is 18.0 Å². The van der Waals surface area contributed by atoms with Gasteiger partial charge in [-0.25, -0.2) is 13.4 Å². The van der Waals surface area contributed by atoms with Crippen LogP contribution in [0.4, 0.5) is 0 Å². The first-order valence-corrected chi connectivity index (χ1v) is 10.9. The lowest BCUT2D eigenvalue weighted by atomic mass is 10.2. The van der Waals surface area contributed by atoms with Crippen LogP contribution in [0.1, 0.15) is 40.8 Å². The van der Waals surface area contributed by atoms with Crippen molar-refractivity contribution in [3.05, 3.63) is 45.9 Å². The topological polar surface area (TPSA) is 96.4 Å². The second-order valence-electron chi connectivity index (χ2n) is 6.43. The van der Waals surface area contributed by atoms with Crippen LogP contribution < -0.4 is 5.32 Å². The number of carbonyl (C=O) groups is 2. The first-order chi connectivity index (χ1) is 12.8. The fourth-order valence-corrected chi connectivity index (χ4v) is 5.34. The number of rotatable bonds is 6. The summed E-state index contributed by atoms with van der Waals surface area (Å²) in [6, 6.07) is 5.08. The molecule has 3 rings (SSSR count). The Hall–Kier alpha value is -2.10. The molecule has 0 aliphatic carbocycles. The fraction of sp³-hybridized carbons (Fsp3) is 0.389. The van der Waals surface area contributed by atoms with Crippen molar-refractivity contribution in [1.29, 1.82) is 0 Å². The third kappa shape index (κ3) is 4.26. The molecule has 2 aromatic rings. The first-order valence-electron chi connectivity index (χ1n) is 8.60. The van der Waals surface area contributed by atoms with Crippen LogP contribution >= 0.6 is 11.3 Å². The average molecular weight is 408 g/mol. The van der Waals surface area contributed by atoms with Gasteiger partial charge in [0.05, 0.1) is 22.1 Å². The molecule has 1 aliphatic rings. The van der Waals surface area contributed by atoms with Gasteiger partial charge in [-0.3, -0.25) is 9.59 Å². The molecule has 144 valence electrons. The SMILES string of the molecule is CC(=O)c1ccc(S(=O)(=O)N2CCCC2C(=O)NCc2csc(C)n2)cc1. The summed E-state index contributed by atoms with van der Waals surface area (Å²) < 4.78 is 27.2. The predicted octanol–water partition coefficient (Wildman–Crippen LogP) is 2.12. The molecule has 1 N–H and O–H groups in total. The van der Waals surface area contributed by atoms with Gasteiger partial charge in [0.1, 0.15) is 6.04 Å². The van der Waals surface area contributed by atoms with Crippen LogP contribution in [0.2, 0.25) is 0 Å². The van der Waals surface area contributed by atoms with Crippen LogP contribution in [-0.4, -0.2) is 42.0 Å². The molecule has 1 aromatic heterocycles. The monoisotopic (exact) mass is 407 g/mol. The van der Waals surface area contributed by atoms with Crippen molar-refractivity contribution in [2.24, 2.45) is 0 Å². The second kappa shape index (κ2) is 7.87. The molecule has 1 aromatic carbocycles. The highest BCUT2D eigenvalue weighted by Crippen LogP contribution is 2.26. The van der Waals surface area contributed by atoms with E-state index in [1.54, 1.807) is 0 Å². The average Bonchev–Trinajstić information content (AvgIpc) is 3.29. The van der Waals surface area contributed by atoms with Crippen LogP contribution in [-0.2, 0) is 21.4 Å². The first kappa shape index (κ1) is 19.7. The van der Waals surface area contributed by atoms with Gasteiger partial charge in [-0.2, -0.15) is 4.31 Å². The summed E-state index contributed by atoms with van der Waals surface area (Å²) in [5, 5.41) is 5.57. The van der Waals surface area contributed by atoms with Gasteiger partial charge in [0, 0.05) is 17.5 Å². The molecule has 9 heteroatoms. The summed E-state index contributed by atoms with van der Waals surface area (Å²) in [5.41, 5.74) is 1.21. The maximum atomic E-state index is 13.0. The van der Waals surface area contributed by atoms with Gasteiger partial charge in [0.25, 0.3) is 0 Å². The van der Waals surface area contributed by atoms with Crippen LogP contribution in [0.3, 0.4) is 0 Å². The smallest absolute Gasteiger partial charge is 0.243 e. The van der Waals surface area contributed by atoms with Gasteiger partial charge in [-0.1, -0.05) is 12.1 Å². The lowest BCUT2D eigenvalue weighted by molar-refractivity contribution is -0.124. The number of aryl methyl sites for hydroxylation is 1. The molecule has 1 amide bonds. The third-order valence-corrected chi connectivity index (χ3v) is 7.23. The fourth-order valence-electron chi connectivity index (χ4n) is 3.07. The molecule has 2 heterocycles. The zero-order valence-corrected chi connectivity index (χ0v) is 16.8. The Kier molecular flexibility index (Phi) is 5.73. The van der Waals surface area contributed by atoms with E-state index in [4.69, 9.17) is 0 Å². The van der Waals surface area contributed by atoms with Crippen molar-refractivity contribution in [1.82, 2.24) is 14.6 Å². The maximum Gasteiger partial charge on any atom is 0.243 e. The van der Waals surface area contributed by atoms with Gasteiger partial charge in [-0.05, 0) is 38.8 Å². The lowest BCUT2D eigenvalue weighted by Gasteiger charge is -2.23. The van der Waals surface area contributed by atoms with Crippen molar-refractivity contribution < 1.29 is 18.0 Å². The van der Waals surface area contributed by atoms with Crippen molar-refractivity contribution >= 4 is 33.1 Å². The second-order valence-corrected chi connectivity index (χ2v) is 9.38. The molecule has 1 saturated heterocycles. The highest BCUT2D eigenvalue weighted by molar-refractivity contribution is 7.89. The largest absolute Gasteiger partial charge is 0.349 e. The Morgan fingerprint density at radius 1 is 1.30 bits per heavy atom. The Morgan fingerprint density at radius 3 is 2.59 bits per heavy atom. The number of benzene rings is 1. The number of Topliss-reactive ketones (excluding diaryl/α,β-unsaturated/α-hetero) is 1. The van der Waals surface area contributed by atoms with E-state index in [1.807, 2.05) is 12.3 Å². The molecule has 1 unspecified atom stereocenters. The van der Waals surface area contributed by atoms with Gasteiger partial charge in [0.2, 0.25) is 15.9 Å². The molecule has 1 atom stereocenters. The summed E-state index contributed by atoms with van der Waals surface area (Å²) in [6.07, 6.45) is 1.10. The highest BCUT2D eigenvalue weighted by Gasteiger charge is 2.39. The van der Waals surface area contributed by atoms with E-state index >= 15 is 0 Å². The number of nitrogens with zero attached hydrogens (tertiary/aromatic N) is 2. The van der Waals surface area contributed by atoms with Crippen LogP contribution in [0, 0.1) is 6.92 Å². The van der Waals surface area contributed by atoms with Crippen LogP contribution in [0.25, 0.3) is 0 Å². The number of hydrogen-bond acceptors (Lipinski definition) is 6. The quantitative estimate of drug-likeness (QED) is 0.740. The summed E-state index contributed by atoms with van der Waals surface area (Å²) in [4.78, 5) is 28.3. The number of hydrogen-bond donors (Lipinski definition) is 1. The van der Waals surface area contributed by atoms with Crippen molar-refractivity contribution in [3.63, 3.8) is 0 Å². The molecule has 7 nitrogen and oxygen atoms in total. The molecule has 0 radical (unpaired) electrons. The minimum atomic E-state index is -3.81. The minimum absolute atomic E-state index is 0.0855. The Bertz CT molecular complexity index is 951. The molecular weight excluding hydrogens is 386 g/mol. The number of sulfonamides is 1. The number of carbonyl (C=O) groups excluding carboxylic acids is 2. The van der Waals surface area contributed by atoms with Crippen LogP contribution in [0.5, 0.6) is 0 Å². The molecule has 0 bridgehead atoms. The minimum Gasteiger partial charge on any atom is -0.349 e. The summed E-state index contributed by atoms with van der Waals surface area (Å²) in [5.74, 6) is -0.447. The number of thiazole rings is 1. The van der Waals surface area contributed by atoms with Gasteiger partial charge in [0.15, 0.2) is 5.78 Å². The molecule has 0 spiro atoms. The van der Waals surface area contributed by atoms with E-state index in [0.29, 0.717) is 24.9 Å². The molecular formula is C18H21N3O4S2. The van der Waals surface area contributed by atoms with Gasteiger partial charge < -0.3 is 5.32 Å². The van der Waals surface area contributed by atoms with E-state index < -0.39 is 16.1 Å². The molecule has 1 fully saturated rings. The van der Waals surface area contributed by atoms with E-state index in [0.717, 1.165) is 10.7 Å².